The Labute approximate surface area is 149 Å². The third-order valence-electron chi connectivity index (χ3n) is 3.70. The van der Waals surface area contributed by atoms with Crippen LogP contribution in [0.5, 0.6) is 5.75 Å². The van der Waals surface area contributed by atoms with Gasteiger partial charge in [0.2, 0.25) is 0 Å². The molecular weight excluding hydrogens is 367 g/mol. The molecule has 2 aromatic carbocycles. The van der Waals surface area contributed by atoms with E-state index in [1.54, 1.807) is 28.8 Å². The van der Waals surface area contributed by atoms with Gasteiger partial charge in [0.15, 0.2) is 15.0 Å². The van der Waals surface area contributed by atoms with Crippen molar-refractivity contribution in [2.75, 3.05) is 13.4 Å². The zero-order valence-corrected chi connectivity index (χ0v) is 15.0. The number of methoxy groups -OCH3 is 1. The Hall–Kier alpha value is -2.38. The number of hydrogen-bond acceptors (Lipinski definition) is 4. The fourth-order valence-corrected chi connectivity index (χ4v) is 3.30. The summed E-state index contributed by atoms with van der Waals surface area (Å²) in [6.07, 6.45) is 2.59. The molecule has 1 aromatic heterocycles. The molecule has 0 amide bonds. The lowest BCUT2D eigenvalue weighted by atomic mass is 10.1. The molecule has 0 radical (unpaired) electrons. The van der Waals surface area contributed by atoms with Crippen LogP contribution in [0.2, 0.25) is 5.15 Å². The van der Waals surface area contributed by atoms with E-state index in [9.17, 15) is 12.8 Å². The Balaban J connectivity index is 2.12. The van der Waals surface area contributed by atoms with Gasteiger partial charge in [0.1, 0.15) is 17.9 Å². The highest BCUT2D eigenvalue weighted by atomic mass is 35.5. The van der Waals surface area contributed by atoms with Crippen LogP contribution in [0, 0.1) is 5.82 Å². The molecule has 5 nitrogen and oxygen atoms in total. The van der Waals surface area contributed by atoms with Crippen molar-refractivity contribution in [3.05, 3.63) is 59.8 Å². The van der Waals surface area contributed by atoms with E-state index >= 15 is 0 Å². The topological polar surface area (TPSA) is 61.2 Å². The predicted molar refractivity (Wildman–Crippen MR) is 93.6 cm³/mol. The highest BCUT2D eigenvalue weighted by Crippen LogP contribution is 2.33. The molecule has 25 heavy (non-hydrogen) atoms. The lowest BCUT2D eigenvalue weighted by Gasteiger charge is -2.11. The minimum absolute atomic E-state index is 0.135. The summed E-state index contributed by atoms with van der Waals surface area (Å²) in [5.41, 5.74) is 1.24. The number of halogens is 2. The Morgan fingerprint density at radius 3 is 2.40 bits per heavy atom. The van der Waals surface area contributed by atoms with Crippen molar-refractivity contribution in [1.29, 1.82) is 0 Å². The van der Waals surface area contributed by atoms with Crippen molar-refractivity contribution < 1.29 is 17.5 Å². The Morgan fingerprint density at radius 1 is 1.16 bits per heavy atom. The molecular formula is C17H14ClFN2O3S. The van der Waals surface area contributed by atoms with Crippen LogP contribution in [0.25, 0.3) is 16.9 Å². The monoisotopic (exact) mass is 380 g/mol. The molecule has 0 atom stereocenters. The molecule has 0 spiro atoms. The minimum atomic E-state index is -3.30. The molecule has 3 rings (SSSR count). The maximum absolute atomic E-state index is 14.4. The minimum Gasteiger partial charge on any atom is -0.497 e. The Kier molecular flexibility index (Phi) is 4.53. The molecule has 0 saturated heterocycles. The molecule has 0 bridgehead atoms. The Bertz CT molecular complexity index is 1030. The van der Waals surface area contributed by atoms with E-state index in [1.807, 2.05) is 0 Å². The molecule has 1 heterocycles. The zero-order valence-electron chi connectivity index (χ0n) is 13.4. The normalized spacial score (nSPS) is 11.5. The summed E-state index contributed by atoms with van der Waals surface area (Å²) in [6, 6.07) is 10.6. The van der Waals surface area contributed by atoms with Gasteiger partial charge < -0.3 is 4.74 Å². The first kappa shape index (κ1) is 17.4. The molecule has 0 unspecified atom stereocenters. The van der Waals surface area contributed by atoms with Crippen LogP contribution in [-0.4, -0.2) is 31.3 Å². The quantitative estimate of drug-likeness (QED) is 0.691. The number of nitrogens with zero attached hydrogens (tertiary/aromatic N) is 2. The summed E-state index contributed by atoms with van der Waals surface area (Å²) < 4.78 is 44.2. The molecule has 0 aliphatic heterocycles. The third-order valence-corrected chi connectivity index (χ3v) is 5.10. The van der Waals surface area contributed by atoms with Crippen LogP contribution >= 0.6 is 11.6 Å². The van der Waals surface area contributed by atoms with Crippen LogP contribution in [0.3, 0.4) is 0 Å². The van der Waals surface area contributed by atoms with E-state index in [0.717, 1.165) is 6.26 Å². The SMILES string of the molecule is COc1ccc(-c2c(Cl)ncn2-c2ccc(S(C)(=O)=O)cc2)c(F)c1. The molecule has 0 aliphatic rings. The van der Waals surface area contributed by atoms with E-state index < -0.39 is 15.7 Å². The fourth-order valence-electron chi connectivity index (χ4n) is 2.43. The first-order chi connectivity index (χ1) is 11.8. The standard InChI is InChI=1S/C17H14ClFN2O3S/c1-24-12-5-8-14(15(19)9-12)16-17(18)20-10-21(16)11-3-6-13(7-4-11)25(2,22)23/h3-10H,1-2H3. The molecule has 0 aliphatic carbocycles. The van der Waals surface area contributed by atoms with Crippen molar-refractivity contribution in [3.8, 4) is 22.7 Å². The van der Waals surface area contributed by atoms with Gasteiger partial charge in [0.25, 0.3) is 0 Å². The number of aromatic nitrogens is 2. The number of hydrogen-bond donors (Lipinski definition) is 0. The second-order valence-corrected chi connectivity index (χ2v) is 7.74. The summed E-state index contributed by atoms with van der Waals surface area (Å²) in [5, 5.41) is 0.135. The summed E-state index contributed by atoms with van der Waals surface area (Å²) >= 11 is 6.15. The zero-order chi connectivity index (χ0) is 18.2. The van der Waals surface area contributed by atoms with Crippen LogP contribution in [0.1, 0.15) is 0 Å². The molecule has 130 valence electrons. The van der Waals surface area contributed by atoms with Crippen molar-refractivity contribution in [1.82, 2.24) is 9.55 Å². The van der Waals surface area contributed by atoms with Crippen LogP contribution in [0.15, 0.2) is 53.7 Å². The van der Waals surface area contributed by atoms with E-state index in [1.165, 1.54) is 31.6 Å². The second kappa shape index (κ2) is 6.50. The number of sulfone groups is 1. The van der Waals surface area contributed by atoms with E-state index in [0.29, 0.717) is 17.1 Å². The average Bonchev–Trinajstić information content (AvgIpc) is 2.95. The largest absolute Gasteiger partial charge is 0.497 e. The van der Waals surface area contributed by atoms with Gasteiger partial charge in [0, 0.05) is 23.6 Å². The maximum atomic E-state index is 14.4. The van der Waals surface area contributed by atoms with E-state index in [4.69, 9.17) is 16.3 Å². The third kappa shape index (κ3) is 3.38. The van der Waals surface area contributed by atoms with Gasteiger partial charge in [-0.2, -0.15) is 0 Å². The second-order valence-electron chi connectivity index (χ2n) is 5.37. The van der Waals surface area contributed by atoms with Crippen molar-refractivity contribution in [2.45, 2.75) is 4.90 Å². The summed E-state index contributed by atoms with van der Waals surface area (Å²) in [4.78, 5) is 4.23. The van der Waals surface area contributed by atoms with Crippen molar-refractivity contribution in [3.63, 3.8) is 0 Å². The van der Waals surface area contributed by atoms with Gasteiger partial charge in [0.05, 0.1) is 17.7 Å². The van der Waals surface area contributed by atoms with Crippen LogP contribution < -0.4 is 4.74 Å². The molecule has 0 fully saturated rings. The highest BCUT2D eigenvalue weighted by molar-refractivity contribution is 7.90. The van der Waals surface area contributed by atoms with E-state index in [2.05, 4.69) is 4.98 Å². The van der Waals surface area contributed by atoms with Gasteiger partial charge in [-0.3, -0.25) is 4.57 Å². The van der Waals surface area contributed by atoms with Gasteiger partial charge >= 0.3 is 0 Å². The fraction of sp³-hybridized carbons (Fsp3) is 0.118. The van der Waals surface area contributed by atoms with E-state index in [-0.39, 0.29) is 15.6 Å². The molecule has 0 saturated carbocycles. The first-order valence-electron chi connectivity index (χ1n) is 7.18. The maximum Gasteiger partial charge on any atom is 0.175 e. The van der Waals surface area contributed by atoms with Gasteiger partial charge in [-0.25, -0.2) is 17.8 Å². The van der Waals surface area contributed by atoms with Gasteiger partial charge in [-0.15, -0.1) is 0 Å². The molecule has 8 heteroatoms. The number of ether oxygens (including phenoxy) is 1. The smallest absolute Gasteiger partial charge is 0.175 e. The van der Waals surface area contributed by atoms with Gasteiger partial charge in [-0.1, -0.05) is 11.6 Å². The lowest BCUT2D eigenvalue weighted by molar-refractivity contribution is 0.411. The predicted octanol–water partition coefficient (Wildman–Crippen LogP) is 3.74. The summed E-state index contributed by atoms with van der Waals surface area (Å²) in [5.74, 6) is -0.114. The van der Waals surface area contributed by atoms with Crippen molar-refractivity contribution in [2.24, 2.45) is 0 Å². The first-order valence-corrected chi connectivity index (χ1v) is 9.45. The average molecular weight is 381 g/mol. The summed E-state index contributed by atoms with van der Waals surface area (Å²) in [6.45, 7) is 0. The number of rotatable bonds is 4. The van der Waals surface area contributed by atoms with Gasteiger partial charge in [-0.05, 0) is 36.4 Å². The van der Waals surface area contributed by atoms with Crippen molar-refractivity contribution >= 4 is 21.4 Å². The number of benzene rings is 2. The molecule has 3 aromatic rings. The molecule has 0 N–H and O–H groups in total. The highest BCUT2D eigenvalue weighted by Gasteiger charge is 2.17. The van der Waals surface area contributed by atoms with Crippen LogP contribution in [0.4, 0.5) is 4.39 Å². The summed E-state index contributed by atoms with van der Waals surface area (Å²) in [7, 11) is -1.84. The number of imidazole rings is 1. The Morgan fingerprint density at radius 2 is 1.84 bits per heavy atom. The lowest BCUT2D eigenvalue weighted by Crippen LogP contribution is -2.00. The van der Waals surface area contributed by atoms with Crippen LogP contribution in [-0.2, 0) is 9.84 Å².